The van der Waals surface area contributed by atoms with Gasteiger partial charge in [0.15, 0.2) is 11.7 Å². The Hall–Kier alpha value is -2.13. The Labute approximate surface area is 114 Å². The first-order chi connectivity index (χ1) is 9.36. The van der Waals surface area contributed by atoms with Crippen LogP contribution in [0.25, 0.3) is 0 Å². The second-order valence-electron chi connectivity index (χ2n) is 3.85. The molecule has 0 fully saturated rings. The molecular formula is C11H12FN3O4S. The summed E-state index contributed by atoms with van der Waals surface area (Å²) < 4.78 is 43.1. The Balaban J connectivity index is 2.40. The van der Waals surface area contributed by atoms with Crippen molar-refractivity contribution in [2.75, 3.05) is 7.11 Å². The summed E-state index contributed by atoms with van der Waals surface area (Å²) in [5, 5.41) is 9.60. The number of hydrogen-bond donors (Lipinski definition) is 2. The van der Waals surface area contributed by atoms with Crippen molar-refractivity contribution >= 4 is 15.9 Å². The third-order valence-electron chi connectivity index (χ3n) is 2.60. The molecule has 20 heavy (non-hydrogen) atoms. The van der Waals surface area contributed by atoms with Crippen LogP contribution in [0.3, 0.4) is 0 Å². The molecule has 0 spiro atoms. The van der Waals surface area contributed by atoms with E-state index in [9.17, 15) is 17.9 Å². The fourth-order valence-corrected chi connectivity index (χ4v) is 2.80. The summed E-state index contributed by atoms with van der Waals surface area (Å²) in [7, 11) is -2.71. The number of aliphatic imine (C=N–C) groups is 1. The molecule has 108 valence electrons. The second-order valence-corrected chi connectivity index (χ2v) is 5.69. The highest BCUT2D eigenvalue weighted by molar-refractivity contribution is 7.89. The van der Waals surface area contributed by atoms with Crippen LogP contribution in [-0.4, -0.2) is 37.1 Å². The van der Waals surface area contributed by atoms with Crippen molar-refractivity contribution in [2.45, 2.75) is 11.2 Å². The summed E-state index contributed by atoms with van der Waals surface area (Å²) in [6, 6.07) is 5.41. The molecule has 1 aliphatic rings. The van der Waals surface area contributed by atoms with E-state index in [-0.39, 0.29) is 4.90 Å². The van der Waals surface area contributed by atoms with E-state index in [0.29, 0.717) is 16.3 Å². The average Bonchev–Trinajstić information content (AvgIpc) is 2.42. The number of ether oxygens (including phenoxy) is 1. The van der Waals surface area contributed by atoms with Crippen molar-refractivity contribution in [1.82, 2.24) is 4.31 Å². The third kappa shape index (κ3) is 2.45. The van der Waals surface area contributed by atoms with Crippen molar-refractivity contribution in [3.05, 3.63) is 36.3 Å². The first kappa shape index (κ1) is 14.3. The van der Waals surface area contributed by atoms with Crippen molar-refractivity contribution in [1.29, 1.82) is 0 Å². The van der Waals surface area contributed by atoms with Gasteiger partial charge in [0.2, 0.25) is 6.35 Å². The molecule has 0 aliphatic carbocycles. The smallest absolute Gasteiger partial charge is 0.267 e. The molecule has 9 heteroatoms. The average molecular weight is 301 g/mol. The fourth-order valence-electron chi connectivity index (χ4n) is 1.55. The van der Waals surface area contributed by atoms with Crippen LogP contribution in [0.5, 0.6) is 5.75 Å². The van der Waals surface area contributed by atoms with Gasteiger partial charge in [-0.05, 0) is 24.3 Å². The number of nitrogens with two attached hydrogens (primary N) is 1. The van der Waals surface area contributed by atoms with Gasteiger partial charge in [0.05, 0.1) is 18.2 Å². The van der Waals surface area contributed by atoms with Gasteiger partial charge in [0.1, 0.15) is 5.75 Å². The number of benzene rings is 1. The molecule has 0 saturated heterocycles. The van der Waals surface area contributed by atoms with Gasteiger partial charge >= 0.3 is 0 Å². The van der Waals surface area contributed by atoms with E-state index in [0.717, 1.165) is 0 Å². The maximum atomic E-state index is 13.3. The van der Waals surface area contributed by atoms with Crippen LogP contribution < -0.4 is 10.5 Å². The number of sulfonamides is 1. The summed E-state index contributed by atoms with van der Waals surface area (Å²) in [4.78, 5) is 3.16. The van der Waals surface area contributed by atoms with E-state index in [1.165, 1.54) is 31.4 Å². The first-order valence-electron chi connectivity index (χ1n) is 5.43. The van der Waals surface area contributed by atoms with E-state index in [1.54, 1.807) is 0 Å². The van der Waals surface area contributed by atoms with Crippen LogP contribution in [0.2, 0.25) is 0 Å². The van der Waals surface area contributed by atoms with E-state index >= 15 is 0 Å². The zero-order valence-corrected chi connectivity index (χ0v) is 11.2. The molecule has 1 atom stereocenters. The van der Waals surface area contributed by atoms with Crippen molar-refractivity contribution in [3.8, 4) is 5.75 Å². The van der Waals surface area contributed by atoms with Gasteiger partial charge in [-0.15, -0.1) is 0 Å². The molecular weight excluding hydrogens is 289 g/mol. The zero-order chi connectivity index (χ0) is 14.9. The first-order valence-corrected chi connectivity index (χ1v) is 6.87. The normalized spacial score (nSPS) is 19.4. The summed E-state index contributed by atoms with van der Waals surface area (Å²) >= 11 is 0. The minimum Gasteiger partial charge on any atom is -0.497 e. The van der Waals surface area contributed by atoms with Crippen LogP contribution in [0.15, 0.2) is 46.2 Å². The molecule has 7 nitrogen and oxygen atoms in total. The van der Waals surface area contributed by atoms with Gasteiger partial charge in [0, 0.05) is 0 Å². The van der Waals surface area contributed by atoms with Crippen molar-refractivity contribution in [2.24, 2.45) is 10.7 Å². The maximum absolute atomic E-state index is 13.3. The lowest BCUT2D eigenvalue weighted by Gasteiger charge is -2.26. The molecule has 1 aromatic rings. The second kappa shape index (κ2) is 5.10. The largest absolute Gasteiger partial charge is 0.497 e. The van der Waals surface area contributed by atoms with E-state index in [1.807, 2.05) is 0 Å². The number of rotatable bonds is 3. The lowest BCUT2D eigenvalue weighted by Crippen LogP contribution is -2.40. The lowest BCUT2D eigenvalue weighted by atomic mass is 10.3. The van der Waals surface area contributed by atoms with Gasteiger partial charge in [-0.25, -0.2) is 22.1 Å². The minimum absolute atomic E-state index is 0.142. The van der Waals surface area contributed by atoms with E-state index < -0.39 is 28.0 Å². The van der Waals surface area contributed by atoms with Crippen molar-refractivity contribution < 1.29 is 22.7 Å². The van der Waals surface area contributed by atoms with Gasteiger partial charge < -0.3 is 15.6 Å². The minimum atomic E-state index is -4.14. The molecule has 1 aliphatic heterocycles. The Morgan fingerprint density at radius 1 is 1.40 bits per heavy atom. The van der Waals surface area contributed by atoms with E-state index in [4.69, 9.17) is 10.5 Å². The Kier molecular flexibility index (Phi) is 3.64. The van der Waals surface area contributed by atoms with E-state index in [2.05, 4.69) is 4.99 Å². The topological polar surface area (TPSA) is 105 Å². The molecule has 0 radical (unpaired) electrons. The number of nitrogens with zero attached hydrogens (tertiary/aromatic N) is 2. The number of hydrogen-bond acceptors (Lipinski definition) is 6. The van der Waals surface area contributed by atoms with Gasteiger partial charge in [0.25, 0.3) is 10.0 Å². The number of halogens is 1. The maximum Gasteiger partial charge on any atom is 0.267 e. The van der Waals surface area contributed by atoms with Crippen LogP contribution in [0.1, 0.15) is 0 Å². The number of aliphatic hydroxyl groups excluding tert-OH is 1. The standard InChI is InChI=1S/C11H12FN3O4S/c1-19-7-2-4-8(5-3-7)20(17,18)15-6-9(12)10(13)14-11(15)16/h2-6,11,16H,1H3,(H2,13,14). The quantitative estimate of drug-likeness (QED) is 0.826. The van der Waals surface area contributed by atoms with Gasteiger partial charge in [-0.2, -0.15) is 0 Å². The molecule has 3 N–H and O–H groups in total. The zero-order valence-electron chi connectivity index (χ0n) is 10.4. The highest BCUT2D eigenvalue weighted by atomic mass is 32.2. The van der Waals surface area contributed by atoms with Crippen molar-refractivity contribution in [3.63, 3.8) is 0 Å². The highest BCUT2D eigenvalue weighted by Gasteiger charge is 2.31. The van der Waals surface area contributed by atoms with Crippen LogP contribution >= 0.6 is 0 Å². The molecule has 0 bridgehead atoms. The number of amidine groups is 1. The summed E-state index contributed by atoms with van der Waals surface area (Å²) in [6.07, 6.45) is -1.21. The fraction of sp³-hybridized carbons (Fsp3) is 0.182. The predicted octanol–water partition coefficient (Wildman–Crippen LogP) is 0.143. The predicted molar refractivity (Wildman–Crippen MR) is 68.8 cm³/mol. The Morgan fingerprint density at radius 2 is 2.00 bits per heavy atom. The Morgan fingerprint density at radius 3 is 2.55 bits per heavy atom. The van der Waals surface area contributed by atoms with Crippen LogP contribution in [0, 0.1) is 0 Å². The van der Waals surface area contributed by atoms with Gasteiger partial charge in [-0.1, -0.05) is 0 Å². The van der Waals surface area contributed by atoms with Gasteiger partial charge in [-0.3, -0.25) is 0 Å². The molecule has 0 aromatic heterocycles. The summed E-state index contributed by atoms with van der Waals surface area (Å²) in [6.45, 7) is 0. The monoisotopic (exact) mass is 301 g/mol. The SMILES string of the molecule is COc1ccc(S(=O)(=O)N2C=C(F)C(N)=NC2O)cc1. The summed E-state index contributed by atoms with van der Waals surface area (Å²) in [5.41, 5.74) is 5.16. The molecule has 1 aromatic carbocycles. The molecule has 1 heterocycles. The number of methoxy groups -OCH3 is 1. The Bertz CT molecular complexity index is 669. The third-order valence-corrected chi connectivity index (χ3v) is 4.32. The molecule has 1 unspecified atom stereocenters. The highest BCUT2D eigenvalue weighted by Crippen LogP contribution is 2.24. The molecule has 0 amide bonds. The number of aliphatic hydroxyl groups is 1. The lowest BCUT2D eigenvalue weighted by molar-refractivity contribution is 0.0949. The van der Waals surface area contributed by atoms with Crippen LogP contribution in [0.4, 0.5) is 4.39 Å². The molecule has 0 saturated carbocycles. The molecule has 2 rings (SSSR count). The van der Waals surface area contributed by atoms with Crippen LogP contribution in [-0.2, 0) is 10.0 Å². The summed E-state index contributed by atoms with van der Waals surface area (Å²) in [5.74, 6) is -1.13.